The van der Waals surface area contributed by atoms with E-state index in [9.17, 15) is 14.4 Å². The van der Waals surface area contributed by atoms with Crippen molar-refractivity contribution in [2.45, 2.75) is 24.5 Å². The lowest BCUT2D eigenvalue weighted by Crippen LogP contribution is -2.55. The van der Waals surface area contributed by atoms with E-state index in [-0.39, 0.29) is 17.7 Å². The Bertz CT molecular complexity index is 1640. The third-order valence-electron chi connectivity index (χ3n) is 8.41. The normalized spacial score (nSPS) is 25.1. The number of amides is 3. The number of para-hydroxylation sites is 1. The zero-order valence-electron chi connectivity index (χ0n) is 21.5. The van der Waals surface area contributed by atoms with Gasteiger partial charge in [0.1, 0.15) is 5.54 Å². The summed E-state index contributed by atoms with van der Waals surface area (Å²) in [4.78, 5) is 46.1. The molecule has 40 heavy (non-hydrogen) atoms. The molecule has 0 saturated carbocycles. The van der Waals surface area contributed by atoms with E-state index < -0.39 is 23.4 Å². The molecule has 0 bridgehead atoms. The molecule has 2 saturated heterocycles. The van der Waals surface area contributed by atoms with Crippen LogP contribution in [0, 0.1) is 11.8 Å². The van der Waals surface area contributed by atoms with E-state index in [0.29, 0.717) is 23.7 Å². The summed E-state index contributed by atoms with van der Waals surface area (Å²) in [5.41, 5.74) is 2.55. The number of carbonyl (C=O) groups excluding carboxylic acids is 3. The largest absolute Gasteiger partial charge is 0.306 e. The van der Waals surface area contributed by atoms with Gasteiger partial charge in [-0.25, -0.2) is 4.90 Å². The first-order chi connectivity index (χ1) is 19.5. The van der Waals surface area contributed by atoms with Crippen LogP contribution in [0.25, 0.3) is 0 Å². The van der Waals surface area contributed by atoms with Gasteiger partial charge in [0.2, 0.25) is 11.8 Å². The zero-order valence-corrected chi connectivity index (χ0v) is 22.3. The van der Waals surface area contributed by atoms with E-state index in [1.807, 2.05) is 84.9 Å². The number of fused-ring (bicyclic) bond motifs is 4. The number of hydrogen-bond acceptors (Lipinski definition) is 4. The Morgan fingerprint density at radius 3 is 2.15 bits per heavy atom. The van der Waals surface area contributed by atoms with Crippen molar-refractivity contribution in [3.8, 4) is 0 Å². The second-order valence-corrected chi connectivity index (χ2v) is 11.1. The summed E-state index contributed by atoms with van der Waals surface area (Å²) in [5.74, 6) is -2.53. The second-order valence-electron chi connectivity index (χ2n) is 10.6. The van der Waals surface area contributed by atoms with Crippen molar-refractivity contribution in [3.63, 3.8) is 0 Å². The predicted molar refractivity (Wildman–Crippen MR) is 154 cm³/mol. The summed E-state index contributed by atoms with van der Waals surface area (Å²) in [6, 6.07) is 33.6. The summed E-state index contributed by atoms with van der Waals surface area (Å²) < 4.78 is 0. The molecule has 3 amide bonds. The molecule has 3 aliphatic heterocycles. The molecule has 1 spiro atoms. The Hall–Kier alpha value is -4.26. The second kappa shape index (κ2) is 9.44. The van der Waals surface area contributed by atoms with Crippen LogP contribution in [0.2, 0.25) is 5.02 Å². The molecule has 3 aliphatic rings. The summed E-state index contributed by atoms with van der Waals surface area (Å²) in [7, 11) is 0. The molecule has 198 valence electrons. The molecule has 0 unspecified atom stereocenters. The van der Waals surface area contributed by atoms with Gasteiger partial charge in [-0.05, 0) is 41.8 Å². The van der Waals surface area contributed by atoms with Crippen molar-refractivity contribution in [1.29, 1.82) is 0 Å². The third-order valence-corrected chi connectivity index (χ3v) is 8.65. The number of anilines is 2. The molecule has 2 fully saturated rings. The molecule has 0 aliphatic carbocycles. The molecule has 0 radical (unpaired) electrons. The molecular formula is C33H26ClN3O3. The maximum Gasteiger partial charge on any atom is 0.253 e. The van der Waals surface area contributed by atoms with Crippen molar-refractivity contribution in [3.05, 3.63) is 131 Å². The number of nitrogens with one attached hydrogen (secondary N) is 1. The number of benzene rings is 4. The first-order valence-corrected chi connectivity index (χ1v) is 13.8. The molecule has 6 nitrogen and oxygen atoms in total. The predicted octanol–water partition coefficient (Wildman–Crippen LogP) is 5.10. The van der Waals surface area contributed by atoms with E-state index in [1.54, 1.807) is 29.2 Å². The molecule has 1 N–H and O–H groups in total. The SMILES string of the molecule is O=C1[C@H]2[C@H](Cc3ccccc3)N[C@]3(C(=O)N(Cc4ccccc4)c4ccccc43)[C@@H]2C(=O)N1c1cccc(Cl)c1. The van der Waals surface area contributed by atoms with E-state index >= 15 is 0 Å². The van der Waals surface area contributed by atoms with Crippen LogP contribution in [0.4, 0.5) is 11.4 Å². The van der Waals surface area contributed by atoms with Gasteiger partial charge in [-0.15, -0.1) is 0 Å². The highest BCUT2D eigenvalue weighted by atomic mass is 35.5. The lowest BCUT2D eigenvalue weighted by atomic mass is 9.76. The monoisotopic (exact) mass is 547 g/mol. The number of carbonyl (C=O) groups is 3. The van der Waals surface area contributed by atoms with Gasteiger partial charge in [0.05, 0.1) is 24.1 Å². The van der Waals surface area contributed by atoms with Crippen LogP contribution in [0.1, 0.15) is 16.7 Å². The Morgan fingerprint density at radius 1 is 0.750 bits per heavy atom. The average molecular weight is 548 g/mol. The Kier molecular flexibility index (Phi) is 5.84. The Morgan fingerprint density at radius 2 is 1.43 bits per heavy atom. The van der Waals surface area contributed by atoms with Crippen LogP contribution in [-0.4, -0.2) is 23.8 Å². The lowest BCUT2D eigenvalue weighted by Gasteiger charge is -2.31. The highest BCUT2D eigenvalue weighted by Gasteiger charge is 2.71. The molecule has 7 heteroatoms. The average Bonchev–Trinajstić information content (AvgIpc) is 3.53. The molecule has 0 aromatic heterocycles. The van der Waals surface area contributed by atoms with Gasteiger partial charge in [0.25, 0.3) is 5.91 Å². The summed E-state index contributed by atoms with van der Waals surface area (Å²) in [6.45, 7) is 0.362. The van der Waals surface area contributed by atoms with Gasteiger partial charge in [-0.1, -0.05) is 96.5 Å². The molecule has 4 aromatic carbocycles. The van der Waals surface area contributed by atoms with Gasteiger partial charge in [-0.2, -0.15) is 0 Å². The number of rotatable bonds is 5. The first-order valence-electron chi connectivity index (χ1n) is 13.4. The standard InChI is InChI=1S/C33H26ClN3O3/c34-23-14-9-15-24(19-23)37-30(38)28-26(18-21-10-3-1-4-11-21)35-33(29(28)31(37)39)25-16-7-8-17-27(25)36(32(33)40)20-22-12-5-2-6-13-22/h1-17,19,26,28-29,35H,18,20H2/t26-,28-,29-,33-/m0/s1. The van der Waals surface area contributed by atoms with Crippen LogP contribution >= 0.6 is 11.6 Å². The summed E-state index contributed by atoms with van der Waals surface area (Å²) in [5, 5.41) is 4.03. The fraction of sp³-hybridized carbons (Fsp3) is 0.182. The van der Waals surface area contributed by atoms with Crippen LogP contribution in [0.3, 0.4) is 0 Å². The quantitative estimate of drug-likeness (QED) is 0.353. The molecular weight excluding hydrogens is 522 g/mol. The van der Waals surface area contributed by atoms with E-state index in [0.717, 1.165) is 22.4 Å². The van der Waals surface area contributed by atoms with Crippen molar-refractivity contribution in [2.24, 2.45) is 11.8 Å². The maximum atomic E-state index is 14.6. The smallest absolute Gasteiger partial charge is 0.253 e. The van der Waals surface area contributed by atoms with E-state index in [2.05, 4.69) is 5.32 Å². The minimum absolute atomic E-state index is 0.211. The van der Waals surface area contributed by atoms with Gasteiger partial charge in [0.15, 0.2) is 0 Å². The highest BCUT2D eigenvalue weighted by molar-refractivity contribution is 6.31. The topological polar surface area (TPSA) is 69.7 Å². The van der Waals surface area contributed by atoms with Gasteiger partial charge < -0.3 is 4.90 Å². The van der Waals surface area contributed by atoms with Crippen molar-refractivity contribution in [2.75, 3.05) is 9.80 Å². The lowest BCUT2D eigenvalue weighted by molar-refractivity contribution is -0.132. The van der Waals surface area contributed by atoms with Gasteiger partial charge in [0, 0.05) is 22.3 Å². The Balaban J connectivity index is 1.37. The maximum absolute atomic E-state index is 14.6. The molecule has 7 rings (SSSR count). The van der Waals surface area contributed by atoms with E-state index in [1.165, 1.54) is 4.90 Å². The van der Waals surface area contributed by atoms with Crippen molar-refractivity contribution in [1.82, 2.24) is 5.32 Å². The molecule has 4 atom stereocenters. The van der Waals surface area contributed by atoms with Gasteiger partial charge >= 0.3 is 0 Å². The van der Waals surface area contributed by atoms with Gasteiger partial charge in [-0.3, -0.25) is 19.7 Å². The summed E-state index contributed by atoms with van der Waals surface area (Å²) >= 11 is 6.26. The minimum atomic E-state index is -1.37. The van der Waals surface area contributed by atoms with Crippen molar-refractivity contribution >= 4 is 40.7 Å². The first kappa shape index (κ1) is 24.8. The highest BCUT2D eigenvalue weighted by Crippen LogP contribution is 2.55. The minimum Gasteiger partial charge on any atom is -0.306 e. The van der Waals surface area contributed by atoms with E-state index in [4.69, 9.17) is 11.6 Å². The number of halogens is 1. The molecule has 3 heterocycles. The molecule has 4 aromatic rings. The zero-order chi connectivity index (χ0) is 27.4. The fourth-order valence-electron chi connectivity index (χ4n) is 6.78. The van der Waals surface area contributed by atoms with Crippen LogP contribution < -0.4 is 15.1 Å². The third kappa shape index (κ3) is 3.64. The van der Waals surface area contributed by atoms with Crippen LogP contribution in [0.5, 0.6) is 0 Å². The van der Waals surface area contributed by atoms with Crippen molar-refractivity contribution < 1.29 is 14.4 Å². The van der Waals surface area contributed by atoms with Crippen LogP contribution in [0.15, 0.2) is 109 Å². The number of imide groups is 1. The van der Waals surface area contributed by atoms with Crippen LogP contribution in [-0.2, 0) is 32.9 Å². The summed E-state index contributed by atoms with van der Waals surface area (Å²) in [6.07, 6.45) is 0.500. The Labute approximate surface area is 237 Å². The number of hydrogen-bond donors (Lipinski definition) is 1. The fourth-order valence-corrected chi connectivity index (χ4v) is 6.97. The number of nitrogens with zero attached hydrogens (tertiary/aromatic N) is 2.